The van der Waals surface area contributed by atoms with Crippen LogP contribution < -0.4 is 4.90 Å². The fraction of sp³-hybridized carbons (Fsp3) is 0.227. The Balaban J connectivity index is 1.68. The molecule has 0 radical (unpaired) electrons. The number of hydrogen-bond donors (Lipinski definition) is 0. The molecule has 0 amide bonds. The highest BCUT2D eigenvalue weighted by Gasteiger charge is 2.23. The van der Waals surface area contributed by atoms with E-state index in [1.54, 1.807) is 18.3 Å². The molecular formula is C22H22N4O2S. The monoisotopic (exact) mass is 406 g/mol. The first-order valence-corrected chi connectivity index (χ1v) is 11.3. The summed E-state index contributed by atoms with van der Waals surface area (Å²) in [5.74, 6) is 0.642. The van der Waals surface area contributed by atoms with E-state index in [0.29, 0.717) is 17.3 Å². The van der Waals surface area contributed by atoms with E-state index in [4.69, 9.17) is 9.97 Å². The van der Waals surface area contributed by atoms with Gasteiger partial charge >= 0.3 is 0 Å². The van der Waals surface area contributed by atoms with E-state index in [2.05, 4.69) is 9.88 Å². The molecule has 0 saturated carbocycles. The third-order valence-corrected chi connectivity index (χ3v) is 6.07. The van der Waals surface area contributed by atoms with E-state index in [-0.39, 0.29) is 0 Å². The molecule has 0 fully saturated rings. The number of benzene rings is 1. The number of nitrogens with zero attached hydrogens (tertiary/aromatic N) is 4. The van der Waals surface area contributed by atoms with Crippen molar-refractivity contribution in [2.24, 2.45) is 0 Å². The Labute approximate surface area is 170 Å². The molecule has 0 aliphatic carbocycles. The molecule has 2 aromatic heterocycles. The summed E-state index contributed by atoms with van der Waals surface area (Å²) in [6.07, 6.45) is 7.73. The summed E-state index contributed by atoms with van der Waals surface area (Å²) >= 11 is 0. The first kappa shape index (κ1) is 19.3. The van der Waals surface area contributed by atoms with Crippen LogP contribution in [0.15, 0.2) is 59.6 Å². The number of pyridine rings is 1. The molecule has 29 heavy (non-hydrogen) atoms. The average molecular weight is 407 g/mol. The van der Waals surface area contributed by atoms with Crippen LogP contribution in [-0.4, -0.2) is 36.2 Å². The van der Waals surface area contributed by atoms with Gasteiger partial charge in [0.15, 0.2) is 15.7 Å². The van der Waals surface area contributed by atoms with Crippen molar-refractivity contribution in [1.29, 1.82) is 0 Å². The van der Waals surface area contributed by atoms with Crippen molar-refractivity contribution in [1.82, 2.24) is 15.0 Å². The maximum Gasteiger partial charge on any atom is 0.178 e. The summed E-state index contributed by atoms with van der Waals surface area (Å²) in [4.78, 5) is 16.5. The third-order valence-electron chi connectivity index (χ3n) is 4.94. The minimum Gasteiger partial charge on any atom is -0.367 e. The third kappa shape index (κ3) is 4.05. The minimum atomic E-state index is -3.20. The molecule has 0 bridgehead atoms. The van der Waals surface area contributed by atoms with Crippen molar-refractivity contribution >= 4 is 21.6 Å². The van der Waals surface area contributed by atoms with E-state index >= 15 is 0 Å². The van der Waals surface area contributed by atoms with Crippen LogP contribution >= 0.6 is 0 Å². The Morgan fingerprint density at radius 3 is 2.52 bits per heavy atom. The Bertz CT molecular complexity index is 1160. The van der Waals surface area contributed by atoms with E-state index in [1.165, 1.54) is 6.26 Å². The molecule has 1 aliphatic heterocycles. The molecule has 148 valence electrons. The molecule has 7 heteroatoms. The number of anilines is 1. The van der Waals surface area contributed by atoms with Gasteiger partial charge in [0, 0.05) is 43.2 Å². The van der Waals surface area contributed by atoms with Gasteiger partial charge in [-0.15, -0.1) is 0 Å². The van der Waals surface area contributed by atoms with Crippen LogP contribution in [0.1, 0.15) is 23.9 Å². The fourth-order valence-corrected chi connectivity index (χ4v) is 4.10. The highest BCUT2D eigenvalue weighted by atomic mass is 32.2. The average Bonchev–Trinajstić information content (AvgIpc) is 2.74. The van der Waals surface area contributed by atoms with Crippen LogP contribution in [-0.2, 0) is 22.8 Å². The van der Waals surface area contributed by atoms with Crippen molar-refractivity contribution < 1.29 is 8.42 Å². The van der Waals surface area contributed by atoms with E-state index in [9.17, 15) is 8.42 Å². The van der Waals surface area contributed by atoms with E-state index in [1.807, 2.05) is 49.4 Å². The van der Waals surface area contributed by atoms with Gasteiger partial charge in [0.05, 0.1) is 16.3 Å². The number of allylic oxidation sites excluding steroid dienone is 1. The van der Waals surface area contributed by atoms with Crippen molar-refractivity contribution in [3.05, 3.63) is 71.7 Å². The number of fused-ring (bicyclic) bond motifs is 1. The van der Waals surface area contributed by atoms with Crippen LogP contribution in [0.3, 0.4) is 0 Å². The van der Waals surface area contributed by atoms with Crippen LogP contribution in [0, 0.1) is 0 Å². The number of aromatic nitrogens is 3. The lowest BCUT2D eigenvalue weighted by atomic mass is 10.0. The standard InChI is InChI=1S/C22H22N4O2S/c1-3-6-19-18-15-26(16-8-10-17(11-9-16)29(2,27)28)14-12-20(18)25-22(24-19)21-7-4-5-13-23-21/h3-11,13H,12,14-15H2,1-2H3/b6-3+. The fourth-order valence-electron chi connectivity index (χ4n) is 3.47. The lowest BCUT2D eigenvalue weighted by molar-refractivity contribution is 0.602. The Morgan fingerprint density at radius 1 is 1.07 bits per heavy atom. The van der Waals surface area contributed by atoms with Gasteiger partial charge < -0.3 is 4.90 Å². The second-order valence-electron chi connectivity index (χ2n) is 7.01. The molecule has 0 saturated heterocycles. The topological polar surface area (TPSA) is 76.1 Å². The SMILES string of the molecule is C/C=C/c1nc(-c2ccccn2)nc2c1CN(c1ccc(S(C)(=O)=O)cc1)CC2. The summed E-state index contributed by atoms with van der Waals surface area (Å²) in [5, 5.41) is 0. The first-order valence-electron chi connectivity index (χ1n) is 9.44. The van der Waals surface area contributed by atoms with Crippen molar-refractivity contribution in [2.45, 2.75) is 24.8 Å². The zero-order valence-corrected chi connectivity index (χ0v) is 17.2. The lowest BCUT2D eigenvalue weighted by Crippen LogP contribution is -2.32. The summed E-state index contributed by atoms with van der Waals surface area (Å²) in [6.45, 7) is 3.45. The molecule has 0 spiro atoms. The highest BCUT2D eigenvalue weighted by molar-refractivity contribution is 7.90. The zero-order chi connectivity index (χ0) is 20.4. The van der Waals surface area contributed by atoms with Crippen molar-refractivity contribution in [3.63, 3.8) is 0 Å². The molecule has 0 unspecified atom stereocenters. The summed E-state index contributed by atoms with van der Waals surface area (Å²) in [6, 6.07) is 12.8. The maximum atomic E-state index is 11.7. The van der Waals surface area contributed by atoms with Gasteiger partial charge in [0.2, 0.25) is 0 Å². The predicted molar refractivity (Wildman–Crippen MR) is 114 cm³/mol. The number of hydrogen-bond acceptors (Lipinski definition) is 6. The van der Waals surface area contributed by atoms with Crippen LogP contribution in [0.5, 0.6) is 0 Å². The zero-order valence-electron chi connectivity index (χ0n) is 16.4. The largest absolute Gasteiger partial charge is 0.367 e. The minimum absolute atomic E-state index is 0.330. The molecule has 1 aliphatic rings. The van der Waals surface area contributed by atoms with Gasteiger partial charge in [0.25, 0.3) is 0 Å². The molecule has 4 rings (SSSR count). The molecule has 3 aromatic rings. The quantitative estimate of drug-likeness (QED) is 0.660. The van der Waals surface area contributed by atoms with Gasteiger partial charge in [-0.3, -0.25) is 4.98 Å². The molecular weight excluding hydrogens is 384 g/mol. The first-order chi connectivity index (χ1) is 14.0. The Hall–Kier alpha value is -3.06. The molecule has 6 nitrogen and oxygen atoms in total. The van der Waals surface area contributed by atoms with Crippen LogP contribution in [0.4, 0.5) is 5.69 Å². The van der Waals surface area contributed by atoms with Gasteiger partial charge in [-0.05, 0) is 49.4 Å². The summed E-state index contributed by atoms with van der Waals surface area (Å²) in [5.41, 5.74) is 4.79. The Kier molecular flexibility index (Phi) is 5.15. The number of rotatable bonds is 4. The predicted octanol–water partition coefficient (Wildman–Crippen LogP) is 3.54. The highest BCUT2D eigenvalue weighted by Crippen LogP contribution is 2.28. The number of sulfone groups is 1. The Morgan fingerprint density at radius 2 is 1.86 bits per heavy atom. The smallest absolute Gasteiger partial charge is 0.178 e. The second-order valence-corrected chi connectivity index (χ2v) is 9.03. The van der Waals surface area contributed by atoms with Crippen molar-refractivity contribution in [3.8, 4) is 11.5 Å². The van der Waals surface area contributed by atoms with E-state index in [0.717, 1.165) is 41.3 Å². The molecule has 0 N–H and O–H groups in total. The second kappa shape index (κ2) is 7.75. The van der Waals surface area contributed by atoms with Gasteiger partial charge in [-0.1, -0.05) is 12.1 Å². The van der Waals surface area contributed by atoms with Crippen LogP contribution in [0.2, 0.25) is 0 Å². The normalized spacial score (nSPS) is 14.2. The van der Waals surface area contributed by atoms with Gasteiger partial charge in [0.1, 0.15) is 5.69 Å². The van der Waals surface area contributed by atoms with E-state index < -0.39 is 9.84 Å². The molecule has 1 aromatic carbocycles. The maximum absolute atomic E-state index is 11.7. The van der Waals surface area contributed by atoms with Crippen LogP contribution in [0.25, 0.3) is 17.6 Å². The van der Waals surface area contributed by atoms with Gasteiger partial charge in [-0.2, -0.15) is 0 Å². The molecule has 0 atom stereocenters. The lowest BCUT2D eigenvalue weighted by Gasteiger charge is -2.31. The summed E-state index contributed by atoms with van der Waals surface area (Å²) in [7, 11) is -3.20. The van der Waals surface area contributed by atoms with Gasteiger partial charge in [-0.25, -0.2) is 18.4 Å². The van der Waals surface area contributed by atoms with Crippen molar-refractivity contribution in [2.75, 3.05) is 17.7 Å². The summed E-state index contributed by atoms with van der Waals surface area (Å²) < 4.78 is 23.4. The molecule has 3 heterocycles.